The van der Waals surface area contributed by atoms with Gasteiger partial charge in [-0.3, -0.25) is 9.36 Å². The number of ether oxygens (including phenoxy) is 1. The summed E-state index contributed by atoms with van der Waals surface area (Å²) in [5.41, 5.74) is 1.72. The highest BCUT2D eigenvalue weighted by Crippen LogP contribution is 2.19. The maximum Gasteiger partial charge on any atom is 0.352 e. The first-order valence-corrected chi connectivity index (χ1v) is 6.39. The minimum atomic E-state index is -0.959. The van der Waals surface area contributed by atoms with Gasteiger partial charge in [0.1, 0.15) is 5.75 Å². The van der Waals surface area contributed by atoms with E-state index in [4.69, 9.17) is 9.84 Å². The second-order valence-corrected chi connectivity index (χ2v) is 4.65. The molecule has 2 aromatic rings. The van der Waals surface area contributed by atoms with Gasteiger partial charge in [-0.15, -0.1) is 0 Å². The number of carboxylic acid groups (broad SMARTS) is 1. The molecule has 0 amide bonds. The van der Waals surface area contributed by atoms with Gasteiger partial charge in [-0.25, -0.2) is 4.79 Å². The zero-order chi connectivity index (χ0) is 15.6. The van der Waals surface area contributed by atoms with E-state index in [1.54, 1.807) is 38.1 Å². The van der Waals surface area contributed by atoms with Gasteiger partial charge in [0.2, 0.25) is 0 Å². The van der Waals surface area contributed by atoms with Gasteiger partial charge in [-0.05, 0) is 26.0 Å². The number of nitrogens with zero attached hydrogens (tertiary/aromatic N) is 2. The lowest BCUT2D eigenvalue weighted by molar-refractivity contribution is -0.136. The van der Waals surface area contributed by atoms with E-state index in [2.05, 4.69) is 4.98 Å². The number of carboxylic acids is 1. The summed E-state index contributed by atoms with van der Waals surface area (Å²) in [6, 6.07) is 6.98. The van der Waals surface area contributed by atoms with Crippen LogP contribution in [-0.4, -0.2) is 27.7 Å². The molecule has 6 heteroatoms. The van der Waals surface area contributed by atoms with E-state index in [1.165, 1.54) is 11.7 Å². The Hall–Kier alpha value is -2.63. The topological polar surface area (TPSA) is 81.4 Å². The molecule has 0 saturated carbocycles. The molecule has 0 spiro atoms. The number of hydrogen-bond donors (Lipinski definition) is 1. The second kappa shape index (κ2) is 5.78. The SMILES string of the molecule is COc1cccc(-n2c(C)c(CC(=O)O)c(C)nc2=O)c1. The average molecular weight is 288 g/mol. The minimum Gasteiger partial charge on any atom is -0.497 e. The zero-order valence-corrected chi connectivity index (χ0v) is 12.1. The van der Waals surface area contributed by atoms with Crippen LogP contribution in [0.5, 0.6) is 5.75 Å². The molecule has 1 N–H and O–H groups in total. The number of aromatic nitrogens is 2. The van der Waals surface area contributed by atoms with Crippen molar-refractivity contribution in [3.63, 3.8) is 0 Å². The summed E-state index contributed by atoms with van der Waals surface area (Å²) < 4.78 is 6.54. The van der Waals surface area contributed by atoms with Crippen molar-refractivity contribution in [3.05, 3.63) is 51.7 Å². The van der Waals surface area contributed by atoms with Crippen molar-refractivity contribution in [2.24, 2.45) is 0 Å². The van der Waals surface area contributed by atoms with E-state index in [1.807, 2.05) is 0 Å². The molecule has 1 heterocycles. The summed E-state index contributed by atoms with van der Waals surface area (Å²) in [6.07, 6.45) is -0.172. The molecule has 0 unspecified atom stereocenters. The summed E-state index contributed by atoms with van der Waals surface area (Å²) in [5.74, 6) is -0.349. The number of benzene rings is 1. The fraction of sp³-hybridized carbons (Fsp3) is 0.267. The molecule has 0 saturated heterocycles. The zero-order valence-electron chi connectivity index (χ0n) is 12.1. The smallest absolute Gasteiger partial charge is 0.352 e. The van der Waals surface area contributed by atoms with Crippen molar-refractivity contribution in [2.75, 3.05) is 7.11 Å². The first-order chi connectivity index (χ1) is 9.93. The molecular weight excluding hydrogens is 272 g/mol. The lowest BCUT2D eigenvalue weighted by atomic mass is 10.1. The maximum absolute atomic E-state index is 12.2. The monoisotopic (exact) mass is 288 g/mol. The number of hydrogen-bond acceptors (Lipinski definition) is 4. The molecule has 0 aliphatic carbocycles. The maximum atomic E-state index is 12.2. The number of rotatable bonds is 4. The van der Waals surface area contributed by atoms with Gasteiger partial charge in [-0.1, -0.05) is 6.07 Å². The van der Waals surface area contributed by atoms with E-state index in [0.717, 1.165) is 0 Å². The highest BCUT2D eigenvalue weighted by Gasteiger charge is 2.15. The minimum absolute atomic E-state index is 0.172. The fourth-order valence-electron chi connectivity index (χ4n) is 2.26. The van der Waals surface area contributed by atoms with Crippen molar-refractivity contribution >= 4 is 5.97 Å². The average Bonchev–Trinajstić information content (AvgIpc) is 2.43. The van der Waals surface area contributed by atoms with Crippen LogP contribution in [0.1, 0.15) is 17.0 Å². The Kier molecular flexibility index (Phi) is 4.07. The van der Waals surface area contributed by atoms with Gasteiger partial charge in [0.15, 0.2) is 0 Å². The Bertz CT molecular complexity index is 750. The molecule has 21 heavy (non-hydrogen) atoms. The van der Waals surface area contributed by atoms with Crippen molar-refractivity contribution in [3.8, 4) is 11.4 Å². The normalized spacial score (nSPS) is 10.4. The van der Waals surface area contributed by atoms with E-state index >= 15 is 0 Å². The summed E-state index contributed by atoms with van der Waals surface area (Å²) in [5, 5.41) is 8.99. The molecular formula is C15H16N2O4. The third-order valence-corrected chi connectivity index (χ3v) is 3.30. The second-order valence-electron chi connectivity index (χ2n) is 4.65. The van der Waals surface area contributed by atoms with E-state index in [9.17, 15) is 9.59 Å². The summed E-state index contributed by atoms with van der Waals surface area (Å²) >= 11 is 0. The lowest BCUT2D eigenvalue weighted by Gasteiger charge is -2.15. The number of methoxy groups -OCH3 is 1. The van der Waals surface area contributed by atoms with E-state index < -0.39 is 11.7 Å². The van der Waals surface area contributed by atoms with Crippen molar-refractivity contribution in [2.45, 2.75) is 20.3 Å². The van der Waals surface area contributed by atoms with Crippen molar-refractivity contribution in [1.82, 2.24) is 9.55 Å². The molecule has 2 rings (SSSR count). The Morgan fingerprint density at radius 1 is 1.38 bits per heavy atom. The third-order valence-electron chi connectivity index (χ3n) is 3.30. The Balaban J connectivity index is 2.68. The molecule has 0 fully saturated rings. The van der Waals surface area contributed by atoms with E-state index in [-0.39, 0.29) is 6.42 Å². The summed E-state index contributed by atoms with van der Waals surface area (Å²) in [4.78, 5) is 27.1. The fourth-order valence-corrected chi connectivity index (χ4v) is 2.26. The van der Waals surface area contributed by atoms with Gasteiger partial charge < -0.3 is 9.84 Å². The molecule has 0 aliphatic heterocycles. The summed E-state index contributed by atoms with van der Waals surface area (Å²) in [7, 11) is 1.54. The molecule has 0 bridgehead atoms. The van der Waals surface area contributed by atoms with Crippen LogP contribution >= 0.6 is 0 Å². The first kappa shape index (κ1) is 14.8. The van der Waals surface area contributed by atoms with Crippen molar-refractivity contribution < 1.29 is 14.6 Å². The van der Waals surface area contributed by atoms with Gasteiger partial charge in [0.05, 0.1) is 19.2 Å². The predicted molar refractivity (Wildman–Crippen MR) is 77.2 cm³/mol. The highest BCUT2D eigenvalue weighted by atomic mass is 16.5. The number of carbonyl (C=O) groups is 1. The largest absolute Gasteiger partial charge is 0.497 e. The van der Waals surface area contributed by atoms with E-state index in [0.29, 0.717) is 28.4 Å². The standard InChI is InChI=1S/C15H16N2O4/c1-9-13(8-14(18)19)10(2)17(15(20)16-9)11-5-4-6-12(7-11)21-3/h4-7H,8H2,1-3H3,(H,18,19). The van der Waals surface area contributed by atoms with Crippen LogP contribution in [0.4, 0.5) is 0 Å². The Morgan fingerprint density at radius 3 is 2.71 bits per heavy atom. The van der Waals surface area contributed by atoms with Crippen LogP contribution in [0, 0.1) is 13.8 Å². The van der Waals surface area contributed by atoms with Gasteiger partial charge in [0, 0.05) is 23.0 Å². The number of aryl methyl sites for hydroxylation is 1. The third kappa shape index (κ3) is 2.94. The van der Waals surface area contributed by atoms with Crippen LogP contribution in [0.15, 0.2) is 29.1 Å². The Morgan fingerprint density at radius 2 is 2.10 bits per heavy atom. The molecule has 1 aromatic carbocycles. The van der Waals surface area contributed by atoms with Crippen LogP contribution in [0.3, 0.4) is 0 Å². The van der Waals surface area contributed by atoms with Gasteiger partial charge in [0.25, 0.3) is 0 Å². The first-order valence-electron chi connectivity index (χ1n) is 6.39. The van der Waals surface area contributed by atoms with Crippen LogP contribution in [0.25, 0.3) is 5.69 Å². The molecule has 110 valence electrons. The molecule has 1 aromatic heterocycles. The van der Waals surface area contributed by atoms with Gasteiger partial charge in [-0.2, -0.15) is 4.98 Å². The molecule has 0 radical (unpaired) electrons. The van der Waals surface area contributed by atoms with Crippen LogP contribution in [0.2, 0.25) is 0 Å². The quantitative estimate of drug-likeness (QED) is 0.921. The van der Waals surface area contributed by atoms with Crippen LogP contribution < -0.4 is 10.4 Å². The molecule has 0 aliphatic rings. The predicted octanol–water partition coefficient (Wildman–Crippen LogP) is 1.49. The summed E-state index contributed by atoms with van der Waals surface area (Å²) in [6.45, 7) is 3.36. The highest BCUT2D eigenvalue weighted by molar-refractivity contribution is 5.71. The van der Waals surface area contributed by atoms with Crippen molar-refractivity contribution in [1.29, 1.82) is 0 Å². The van der Waals surface area contributed by atoms with Crippen LogP contribution in [-0.2, 0) is 11.2 Å². The Labute approximate surface area is 121 Å². The molecule has 6 nitrogen and oxygen atoms in total. The molecule has 0 atom stereocenters. The lowest BCUT2D eigenvalue weighted by Crippen LogP contribution is -2.27. The van der Waals surface area contributed by atoms with Gasteiger partial charge >= 0.3 is 11.7 Å². The number of aliphatic carboxylic acids is 1.